The van der Waals surface area contributed by atoms with Gasteiger partial charge in [0.2, 0.25) is 0 Å². The van der Waals surface area contributed by atoms with Crippen LogP contribution in [0.5, 0.6) is 5.75 Å². The van der Waals surface area contributed by atoms with E-state index in [-0.39, 0.29) is 11.3 Å². The normalized spacial score (nSPS) is 26.4. The second kappa shape index (κ2) is 9.46. The maximum atomic E-state index is 12.3. The Balaban J connectivity index is 1.53. The molecule has 2 aliphatic heterocycles. The van der Waals surface area contributed by atoms with Gasteiger partial charge in [-0.2, -0.15) is 0 Å². The number of nitrogens with two attached hydrogens (primary N) is 1. The van der Waals surface area contributed by atoms with E-state index in [0.29, 0.717) is 24.3 Å². The van der Waals surface area contributed by atoms with E-state index < -0.39 is 13.5 Å². The summed E-state index contributed by atoms with van der Waals surface area (Å²) in [6.07, 6.45) is 2.53. The summed E-state index contributed by atoms with van der Waals surface area (Å²) in [6.45, 7) is 2.84. The van der Waals surface area contributed by atoms with Crippen molar-refractivity contribution >= 4 is 7.12 Å². The van der Waals surface area contributed by atoms with E-state index in [1.807, 2.05) is 0 Å². The van der Waals surface area contributed by atoms with Crippen molar-refractivity contribution < 1.29 is 28.0 Å². The summed E-state index contributed by atoms with van der Waals surface area (Å²) in [4.78, 5) is 2.48. The molecule has 0 spiro atoms. The maximum absolute atomic E-state index is 12.3. The molecule has 3 unspecified atom stereocenters. The van der Waals surface area contributed by atoms with Gasteiger partial charge < -0.3 is 20.5 Å². The van der Waals surface area contributed by atoms with Crippen LogP contribution in [0, 0.1) is 5.92 Å². The van der Waals surface area contributed by atoms with Crippen molar-refractivity contribution in [2.75, 3.05) is 0 Å². The molecule has 2 heterocycles. The lowest BCUT2D eigenvalue weighted by Gasteiger charge is -2.45. The first-order valence-electron chi connectivity index (χ1n) is 10.8. The van der Waals surface area contributed by atoms with Crippen molar-refractivity contribution in [3.8, 4) is 5.75 Å². The van der Waals surface area contributed by atoms with E-state index in [1.54, 1.807) is 12.1 Å². The smallest absolute Gasteiger partial charge is 0.427 e. The molecule has 2 aliphatic rings. The van der Waals surface area contributed by atoms with Crippen LogP contribution in [0.15, 0.2) is 24.3 Å². The molecule has 30 heavy (non-hydrogen) atoms. The van der Waals surface area contributed by atoms with Crippen LogP contribution in [0.3, 0.4) is 0 Å². The average Bonchev–Trinajstić information content (AvgIpc) is 2.86. The molecule has 2 saturated heterocycles. The van der Waals surface area contributed by atoms with E-state index in [1.165, 1.54) is 12.1 Å². The van der Waals surface area contributed by atoms with Crippen LogP contribution in [0.1, 0.15) is 57.4 Å². The molecular formula is C21H32BF3N2O3. The third kappa shape index (κ3) is 6.36. The molecule has 9 heteroatoms. The van der Waals surface area contributed by atoms with E-state index >= 15 is 0 Å². The van der Waals surface area contributed by atoms with Crippen molar-refractivity contribution in [3.63, 3.8) is 0 Å². The third-order valence-electron chi connectivity index (χ3n) is 6.77. The number of halogens is 3. The quantitative estimate of drug-likeness (QED) is 0.413. The van der Waals surface area contributed by atoms with Crippen molar-refractivity contribution in [1.82, 2.24) is 4.90 Å². The summed E-state index contributed by atoms with van der Waals surface area (Å²) in [5.74, 6) is 0.230. The molecule has 0 saturated carbocycles. The van der Waals surface area contributed by atoms with Crippen LogP contribution in [-0.4, -0.2) is 46.1 Å². The number of piperidine rings is 1. The first-order valence-corrected chi connectivity index (χ1v) is 10.8. The van der Waals surface area contributed by atoms with Gasteiger partial charge in [-0.3, -0.25) is 4.90 Å². The second-order valence-electron chi connectivity index (χ2n) is 9.15. The number of rotatable bonds is 9. The Hall–Kier alpha value is -1.29. The Morgan fingerprint density at radius 3 is 2.23 bits per heavy atom. The van der Waals surface area contributed by atoms with Gasteiger partial charge in [0.25, 0.3) is 0 Å². The molecule has 3 atom stereocenters. The van der Waals surface area contributed by atoms with Gasteiger partial charge in [0, 0.05) is 24.2 Å². The highest BCUT2D eigenvalue weighted by atomic mass is 19.4. The fourth-order valence-electron chi connectivity index (χ4n) is 5.12. The van der Waals surface area contributed by atoms with E-state index in [9.17, 15) is 13.2 Å². The number of nitrogens with zero attached hydrogens (tertiary/aromatic N) is 1. The molecule has 2 bridgehead atoms. The lowest BCUT2D eigenvalue weighted by atomic mass is 9.73. The van der Waals surface area contributed by atoms with Gasteiger partial charge in [-0.05, 0) is 69.0 Å². The van der Waals surface area contributed by atoms with Crippen LogP contribution in [-0.2, 0) is 6.54 Å². The molecule has 3 rings (SSSR count). The molecule has 4 N–H and O–H groups in total. The zero-order valence-electron chi connectivity index (χ0n) is 17.4. The summed E-state index contributed by atoms with van der Waals surface area (Å²) in [7, 11) is -1.25. The number of ether oxygens (including phenoxy) is 1. The Bertz CT molecular complexity index is 671. The lowest BCUT2D eigenvalue weighted by molar-refractivity contribution is -0.274. The van der Waals surface area contributed by atoms with Gasteiger partial charge in [0.05, 0.1) is 0 Å². The van der Waals surface area contributed by atoms with Crippen molar-refractivity contribution in [2.45, 2.75) is 88.7 Å². The molecule has 1 aromatic rings. The fraction of sp³-hybridized carbons (Fsp3) is 0.714. The molecule has 0 aliphatic carbocycles. The number of benzene rings is 1. The highest BCUT2D eigenvalue weighted by Crippen LogP contribution is 2.44. The molecule has 0 aromatic heterocycles. The van der Waals surface area contributed by atoms with E-state index in [4.69, 9.17) is 15.8 Å². The SMILES string of the molecule is CC(N)(CCCCB(O)O)C1CC2CCC(C1)N2Cc1ccc(OC(F)(F)F)cc1. The first-order chi connectivity index (χ1) is 14.0. The van der Waals surface area contributed by atoms with Crippen molar-refractivity contribution in [2.24, 2.45) is 11.7 Å². The molecule has 5 nitrogen and oxygen atoms in total. The first kappa shape index (κ1) is 23.4. The molecule has 1 aromatic carbocycles. The minimum Gasteiger partial charge on any atom is -0.427 e. The molecule has 0 amide bonds. The summed E-state index contributed by atoms with van der Waals surface area (Å²) < 4.78 is 40.9. The number of hydrogen-bond acceptors (Lipinski definition) is 5. The minimum absolute atomic E-state index is 0.194. The summed E-state index contributed by atoms with van der Waals surface area (Å²) in [5, 5.41) is 18.0. The second-order valence-corrected chi connectivity index (χ2v) is 9.15. The van der Waals surface area contributed by atoms with Crippen LogP contribution in [0.25, 0.3) is 0 Å². The Labute approximate surface area is 176 Å². The largest absolute Gasteiger partial charge is 0.573 e. The molecule has 2 fully saturated rings. The van der Waals surface area contributed by atoms with Gasteiger partial charge in [0.1, 0.15) is 5.75 Å². The standard InChI is InChI=1S/C21H32BF3N2O3/c1-20(26,10-2-3-11-22(28)29)16-12-17-6-7-18(13-16)27(17)14-15-4-8-19(9-5-15)30-21(23,24)25/h4-5,8-9,16-18,28-29H,2-3,6-7,10-14,26H2,1H3. The van der Waals surface area contributed by atoms with Crippen molar-refractivity contribution in [1.29, 1.82) is 0 Å². The van der Waals surface area contributed by atoms with Gasteiger partial charge in [-0.1, -0.05) is 25.0 Å². The van der Waals surface area contributed by atoms with Crippen molar-refractivity contribution in [3.05, 3.63) is 29.8 Å². The Kier molecular flexibility index (Phi) is 7.38. The molecule has 0 radical (unpaired) electrons. The van der Waals surface area contributed by atoms with Crippen LogP contribution < -0.4 is 10.5 Å². The number of unbranched alkanes of at least 4 members (excludes halogenated alkanes) is 1. The summed E-state index contributed by atoms with van der Waals surface area (Å²) in [5.41, 5.74) is 7.39. The lowest BCUT2D eigenvalue weighted by Crippen LogP contribution is -2.52. The van der Waals surface area contributed by atoms with E-state index in [0.717, 1.165) is 57.1 Å². The van der Waals surface area contributed by atoms with Gasteiger partial charge in [0.15, 0.2) is 0 Å². The monoisotopic (exact) mass is 428 g/mol. The zero-order valence-corrected chi connectivity index (χ0v) is 17.4. The topological polar surface area (TPSA) is 79.0 Å². The predicted molar refractivity (Wildman–Crippen MR) is 110 cm³/mol. The van der Waals surface area contributed by atoms with Gasteiger partial charge in [-0.15, -0.1) is 13.2 Å². The van der Waals surface area contributed by atoms with Crippen LogP contribution in [0.2, 0.25) is 6.32 Å². The summed E-state index contributed by atoms with van der Waals surface area (Å²) in [6, 6.07) is 7.05. The summed E-state index contributed by atoms with van der Waals surface area (Å²) >= 11 is 0. The van der Waals surface area contributed by atoms with Gasteiger partial charge in [-0.25, -0.2) is 0 Å². The molecule has 168 valence electrons. The van der Waals surface area contributed by atoms with Crippen LogP contribution in [0.4, 0.5) is 13.2 Å². The third-order valence-corrected chi connectivity index (χ3v) is 6.77. The predicted octanol–water partition coefficient (Wildman–Crippen LogP) is 3.69. The highest BCUT2D eigenvalue weighted by Gasteiger charge is 2.45. The number of hydrogen-bond donors (Lipinski definition) is 3. The van der Waals surface area contributed by atoms with Crippen LogP contribution >= 0.6 is 0 Å². The zero-order chi connectivity index (χ0) is 21.9. The number of alkyl halides is 3. The Morgan fingerprint density at radius 2 is 1.70 bits per heavy atom. The molecular weight excluding hydrogens is 396 g/mol. The maximum Gasteiger partial charge on any atom is 0.573 e. The average molecular weight is 428 g/mol. The van der Waals surface area contributed by atoms with E-state index in [2.05, 4.69) is 16.6 Å². The fourth-order valence-corrected chi connectivity index (χ4v) is 5.12. The Morgan fingerprint density at radius 1 is 1.10 bits per heavy atom. The highest BCUT2D eigenvalue weighted by molar-refractivity contribution is 6.40. The van der Waals surface area contributed by atoms with Gasteiger partial charge >= 0.3 is 13.5 Å². The number of fused-ring (bicyclic) bond motifs is 2. The minimum atomic E-state index is -4.67.